The molecule has 0 aliphatic heterocycles. The number of nitrogens with one attached hydrogen (secondary N) is 1. The number of benzene rings is 1. The van der Waals surface area contributed by atoms with Gasteiger partial charge in [-0.25, -0.2) is 0 Å². The first-order chi connectivity index (χ1) is 13.5. The number of ketones is 1. The second-order valence-corrected chi connectivity index (χ2v) is 8.02. The second-order valence-electron chi connectivity index (χ2n) is 6.32. The molecule has 0 fully saturated rings. The topological polar surface area (TPSA) is 66.5 Å². The molecule has 0 atom stereocenters. The van der Waals surface area contributed by atoms with Crippen molar-refractivity contribution in [1.82, 2.24) is 4.90 Å². The Morgan fingerprint density at radius 3 is 2.41 bits per heavy atom. The molecule has 0 aliphatic rings. The fraction of sp³-hybridized carbons (Fsp3) is 0.316. The summed E-state index contributed by atoms with van der Waals surface area (Å²) < 4.78 is 38.6. The van der Waals surface area contributed by atoms with Crippen LogP contribution < -0.4 is 5.32 Å². The van der Waals surface area contributed by atoms with Crippen molar-refractivity contribution in [3.05, 3.63) is 50.7 Å². The average molecular weight is 447 g/mol. The van der Waals surface area contributed by atoms with Gasteiger partial charge in [0.05, 0.1) is 22.0 Å². The zero-order valence-corrected chi connectivity index (χ0v) is 17.2. The maximum absolute atomic E-state index is 12.9. The number of carbonyl (C=O) groups is 3. The highest BCUT2D eigenvalue weighted by molar-refractivity contribution is 7.14. The third kappa shape index (κ3) is 6.57. The molecule has 0 unspecified atom stereocenters. The number of hydrogen-bond acceptors (Lipinski definition) is 4. The molecule has 0 radical (unpaired) electrons. The van der Waals surface area contributed by atoms with E-state index >= 15 is 0 Å². The molecule has 0 spiro atoms. The van der Waals surface area contributed by atoms with Crippen molar-refractivity contribution in [3.8, 4) is 0 Å². The molecule has 0 saturated carbocycles. The lowest BCUT2D eigenvalue weighted by Gasteiger charge is -2.17. The van der Waals surface area contributed by atoms with Crippen molar-refractivity contribution in [2.24, 2.45) is 0 Å². The number of nitrogens with zero attached hydrogens (tertiary/aromatic N) is 1. The molecule has 1 heterocycles. The molecule has 0 aliphatic carbocycles. The number of thiophene rings is 1. The summed E-state index contributed by atoms with van der Waals surface area (Å²) in [5.41, 5.74) is -1.15. The highest BCUT2D eigenvalue weighted by atomic mass is 35.5. The molecule has 156 valence electrons. The van der Waals surface area contributed by atoms with Crippen molar-refractivity contribution < 1.29 is 27.6 Å². The second kappa shape index (κ2) is 9.41. The summed E-state index contributed by atoms with van der Waals surface area (Å²) in [5, 5.41) is 1.83. The number of amides is 2. The summed E-state index contributed by atoms with van der Waals surface area (Å²) in [4.78, 5) is 38.9. The fourth-order valence-electron chi connectivity index (χ4n) is 2.44. The Kier molecular flexibility index (Phi) is 7.43. The largest absolute Gasteiger partial charge is 0.417 e. The number of alkyl halides is 3. The third-order valence-corrected chi connectivity index (χ3v) is 5.31. The van der Waals surface area contributed by atoms with Gasteiger partial charge in [0, 0.05) is 30.5 Å². The van der Waals surface area contributed by atoms with E-state index in [4.69, 9.17) is 11.6 Å². The average Bonchev–Trinajstić information content (AvgIpc) is 3.06. The smallest absolute Gasteiger partial charge is 0.336 e. The van der Waals surface area contributed by atoms with Crippen LogP contribution in [0.3, 0.4) is 0 Å². The molecule has 2 rings (SSSR count). The van der Waals surface area contributed by atoms with Crippen LogP contribution in [0.2, 0.25) is 5.02 Å². The van der Waals surface area contributed by atoms with Crippen molar-refractivity contribution >= 4 is 46.2 Å². The van der Waals surface area contributed by atoms with Crippen molar-refractivity contribution in [2.75, 3.05) is 18.9 Å². The number of carbonyl (C=O) groups excluding carboxylic acids is 3. The summed E-state index contributed by atoms with van der Waals surface area (Å²) in [6.45, 7) is 1.51. The predicted molar refractivity (Wildman–Crippen MR) is 105 cm³/mol. The van der Waals surface area contributed by atoms with Crippen LogP contribution >= 0.6 is 22.9 Å². The van der Waals surface area contributed by atoms with Crippen molar-refractivity contribution in [2.45, 2.75) is 25.9 Å². The van der Waals surface area contributed by atoms with Crippen LogP contribution in [0.15, 0.2) is 30.3 Å². The van der Waals surface area contributed by atoms with E-state index in [9.17, 15) is 27.6 Å². The third-order valence-electron chi connectivity index (χ3n) is 3.94. The number of likely N-dealkylation sites (N-methyl/N-ethyl adjacent to an activating group) is 1. The van der Waals surface area contributed by atoms with Crippen LogP contribution in [-0.4, -0.2) is 36.1 Å². The van der Waals surface area contributed by atoms with Crippen LogP contribution in [0.4, 0.5) is 18.9 Å². The molecule has 1 aromatic carbocycles. The Hall–Kier alpha value is -2.39. The molecule has 1 aromatic heterocycles. The van der Waals surface area contributed by atoms with Gasteiger partial charge in [-0.3, -0.25) is 14.4 Å². The number of rotatable bonds is 7. The van der Waals surface area contributed by atoms with Crippen LogP contribution in [0, 0.1) is 6.92 Å². The Balaban J connectivity index is 1.88. The van der Waals surface area contributed by atoms with Crippen LogP contribution in [0.25, 0.3) is 0 Å². The van der Waals surface area contributed by atoms with E-state index in [0.717, 1.165) is 21.9 Å². The first kappa shape index (κ1) is 22.9. The Bertz CT molecular complexity index is 928. The number of hydrogen-bond donors (Lipinski definition) is 1. The van der Waals surface area contributed by atoms with Gasteiger partial charge >= 0.3 is 6.18 Å². The molecule has 10 heteroatoms. The van der Waals surface area contributed by atoms with Gasteiger partial charge in [0.1, 0.15) is 0 Å². The van der Waals surface area contributed by atoms with Gasteiger partial charge in [0.25, 0.3) is 0 Å². The van der Waals surface area contributed by atoms with Crippen LogP contribution in [0.1, 0.15) is 33.0 Å². The number of anilines is 1. The normalized spacial score (nSPS) is 11.2. The number of halogens is 4. The fourth-order valence-corrected chi connectivity index (χ4v) is 3.50. The van der Waals surface area contributed by atoms with E-state index in [2.05, 4.69) is 5.32 Å². The molecule has 29 heavy (non-hydrogen) atoms. The summed E-state index contributed by atoms with van der Waals surface area (Å²) >= 11 is 6.88. The lowest BCUT2D eigenvalue weighted by molar-refractivity contribution is -0.137. The predicted octanol–water partition coefficient (Wildman–Crippen LogP) is 4.79. The first-order valence-electron chi connectivity index (χ1n) is 8.47. The molecule has 2 aromatic rings. The monoisotopic (exact) mass is 446 g/mol. The summed E-state index contributed by atoms with van der Waals surface area (Å²) in [6.07, 6.45) is -4.71. The van der Waals surface area contributed by atoms with Gasteiger partial charge in [-0.2, -0.15) is 13.2 Å². The highest BCUT2D eigenvalue weighted by Gasteiger charge is 2.33. The van der Waals surface area contributed by atoms with Crippen LogP contribution in [0.5, 0.6) is 0 Å². The van der Waals surface area contributed by atoms with Crippen molar-refractivity contribution in [3.63, 3.8) is 0 Å². The van der Waals surface area contributed by atoms with Gasteiger partial charge < -0.3 is 10.2 Å². The van der Waals surface area contributed by atoms with E-state index in [0.29, 0.717) is 4.88 Å². The zero-order chi connectivity index (χ0) is 21.8. The van der Waals surface area contributed by atoms with Gasteiger partial charge in [-0.15, -0.1) is 11.3 Å². The summed E-state index contributed by atoms with van der Waals surface area (Å²) in [5.74, 6) is -1.25. The number of aryl methyl sites for hydroxylation is 1. The van der Waals surface area contributed by atoms with Gasteiger partial charge in [0.2, 0.25) is 11.8 Å². The minimum Gasteiger partial charge on any atom is -0.336 e. The Morgan fingerprint density at radius 2 is 1.83 bits per heavy atom. The summed E-state index contributed by atoms with van der Waals surface area (Å²) in [7, 11) is 1.38. The summed E-state index contributed by atoms with van der Waals surface area (Å²) in [6, 6.07) is 6.51. The van der Waals surface area contributed by atoms with Gasteiger partial charge in [-0.1, -0.05) is 11.6 Å². The van der Waals surface area contributed by atoms with E-state index in [1.165, 1.54) is 24.5 Å². The molecule has 1 N–H and O–H groups in total. The minimum atomic E-state index is -4.65. The quantitative estimate of drug-likeness (QED) is 0.622. The maximum Gasteiger partial charge on any atom is 0.417 e. The molecule has 0 bridgehead atoms. The van der Waals surface area contributed by atoms with Gasteiger partial charge in [-0.05, 0) is 37.3 Å². The standard InChI is InChI=1S/C19H18ClF3N2O3S/c1-11-3-7-16(29-11)15(26)6-8-18(28)25(2)10-17(27)24-12-4-5-14(20)13(9-12)19(21,22)23/h3-5,7,9H,6,8,10H2,1-2H3,(H,24,27). The van der Waals surface area contributed by atoms with E-state index in [1.807, 2.05) is 13.0 Å². The van der Waals surface area contributed by atoms with E-state index in [1.54, 1.807) is 6.07 Å². The van der Waals surface area contributed by atoms with Crippen molar-refractivity contribution in [1.29, 1.82) is 0 Å². The SMILES string of the molecule is Cc1ccc(C(=O)CCC(=O)N(C)CC(=O)Nc2ccc(Cl)c(C(F)(F)F)c2)s1. The highest BCUT2D eigenvalue weighted by Crippen LogP contribution is 2.36. The Morgan fingerprint density at radius 1 is 1.14 bits per heavy atom. The first-order valence-corrected chi connectivity index (χ1v) is 9.67. The molecule has 5 nitrogen and oxygen atoms in total. The van der Waals surface area contributed by atoms with E-state index < -0.39 is 28.6 Å². The maximum atomic E-state index is 12.9. The molecular weight excluding hydrogens is 429 g/mol. The molecule has 2 amide bonds. The molecule has 0 saturated heterocycles. The Labute approximate surface area is 174 Å². The molecular formula is C19H18ClF3N2O3S. The van der Waals surface area contributed by atoms with Crippen LogP contribution in [-0.2, 0) is 15.8 Å². The van der Waals surface area contributed by atoms with E-state index in [-0.39, 0.29) is 30.9 Å². The number of Topliss-reactive ketones (excluding diaryl/α,β-unsaturated/α-hetero) is 1. The van der Waals surface area contributed by atoms with Gasteiger partial charge in [0.15, 0.2) is 5.78 Å². The zero-order valence-electron chi connectivity index (χ0n) is 15.6. The lowest BCUT2D eigenvalue weighted by atomic mass is 10.2. The minimum absolute atomic E-state index is 0.0108. The lowest BCUT2D eigenvalue weighted by Crippen LogP contribution is -2.35.